The summed E-state index contributed by atoms with van der Waals surface area (Å²) in [5, 5.41) is 10.5. The molecule has 0 aromatic carbocycles. The number of imidazole rings is 1. The van der Waals surface area contributed by atoms with Crippen molar-refractivity contribution in [2.45, 2.75) is 32.4 Å². The average molecular weight is 300 g/mol. The molecule has 1 aliphatic heterocycles. The van der Waals surface area contributed by atoms with Gasteiger partial charge in [-0.2, -0.15) is 0 Å². The first-order valence-corrected chi connectivity index (χ1v) is 7.93. The van der Waals surface area contributed by atoms with Gasteiger partial charge < -0.3 is 9.67 Å². The first kappa shape index (κ1) is 15.2. The van der Waals surface area contributed by atoms with E-state index in [1.54, 1.807) is 6.20 Å². The van der Waals surface area contributed by atoms with Crippen LogP contribution < -0.4 is 0 Å². The number of hydrogen-bond acceptors (Lipinski definition) is 4. The fourth-order valence-electron chi connectivity index (χ4n) is 3.23. The Bertz CT molecular complexity index is 617. The van der Waals surface area contributed by atoms with Crippen LogP contribution in [0.2, 0.25) is 0 Å². The number of piperidine rings is 1. The topological polar surface area (TPSA) is 54.2 Å². The molecule has 118 valence electrons. The Morgan fingerprint density at radius 2 is 2.05 bits per heavy atom. The maximum absolute atomic E-state index is 10.5. The highest BCUT2D eigenvalue weighted by Gasteiger charge is 2.28. The van der Waals surface area contributed by atoms with Crippen LogP contribution in [0.3, 0.4) is 0 Å². The fourth-order valence-corrected chi connectivity index (χ4v) is 3.23. The van der Waals surface area contributed by atoms with E-state index in [0.717, 1.165) is 44.0 Å². The van der Waals surface area contributed by atoms with E-state index in [4.69, 9.17) is 0 Å². The molecule has 0 spiro atoms. The monoisotopic (exact) mass is 300 g/mol. The van der Waals surface area contributed by atoms with Gasteiger partial charge in [0.05, 0.1) is 0 Å². The number of pyridine rings is 1. The second kappa shape index (κ2) is 6.58. The Hall–Kier alpha value is -1.72. The Balaban J connectivity index is 1.57. The maximum Gasteiger partial charge on any atom is 0.137 e. The first-order valence-electron chi connectivity index (χ1n) is 7.93. The number of aliphatic hydroxyl groups is 1. The van der Waals surface area contributed by atoms with Gasteiger partial charge in [-0.15, -0.1) is 0 Å². The lowest BCUT2D eigenvalue weighted by Gasteiger charge is -2.34. The van der Waals surface area contributed by atoms with Crippen LogP contribution in [-0.2, 0) is 13.6 Å². The minimum Gasteiger partial charge on any atom is -0.385 e. The van der Waals surface area contributed by atoms with E-state index in [1.807, 2.05) is 30.1 Å². The van der Waals surface area contributed by atoms with Gasteiger partial charge in [0.2, 0.25) is 0 Å². The summed E-state index contributed by atoms with van der Waals surface area (Å²) in [6.45, 7) is 5.04. The van der Waals surface area contributed by atoms with Crippen molar-refractivity contribution >= 4 is 0 Å². The van der Waals surface area contributed by atoms with Gasteiger partial charge in [0.1, 0.15) is 11.9 Å². The summed E-state index contributed by atoms with van der Waals surface area (Å²) < 4.78 is 1.91. The van der Waals surface area contributed by atoms with E-state index in [2.05, 4.69) is 27.9 Å². The zero-order valence-electron chi connectivity index (χ0n) is 13.3. The zero-order valence-corrected chi connectivity index (χ0v) is 13.3. The predicted octanol–water partition coefficient (Wildman–Crippen LogP) is 2.07. The minimum atomic E-state index is -0.456. The average Bonchev–Trinajstić information content (AvgIpc) is 2.96. The predicted molar refractivity (Wildman–Crippen MR) is 85.1 cm³/mol. The standard InChI is InChI=1S/C17H24N4O/c1-13-15(4-3-7-18-13)12-21-9-5-14(6-10-21)16(22)17-19-8-11-20(17)2/h3-4,7-8,11,14,16,22H,5-6,9-10,12H2,1-2H3. The van der Waals surface area contributed by atoms with E-state index in [1.165, 1.54) is 5.56 Å². The van der Waals surface area contributed by atoms with Crippen molar-refractivity contribution in [1.82, 2.24) is 19.4 Å². The van der Waals surface area contributed by atoms with Crippen LogP contribution in [0.5, 0.6) is 0 Å². The highest BCUT2D eigenvalue weighted by Crippen LogP contribution is 2.30. The summed E-state index contributed by atoms with van der Waals surface area (Å²) in [5.41, 5.74) is 2.41. The molecular formula is C17H24N4O. The molecule has 2 aromatic rings. The van der Waals surface area contributed by atoms with Crippen molar-refractivity contribution in [3.8, 4) is 0 Å². The first-order chi connectivity index (χ1) is 10.6. The molecular weight excluding hydrogens is 276 g/mol. The quantitative estimate of drug-likeness (QED) is 0.939. The normalized spacial score (nSPS) is 18.5. The summed E-state index contributed by atoms with van der Waals surface area (Å²) in [5.74, 6) is 1.08. The van der Waals surface area contributed by atoms with Gasteiger partial charge in [-0.1, -0.05) is 6.07 Å². The van der Waals surface area contributed by atoms with Crippen LogP contribution in [0.4, 0.5) is 0 Å². The smallest absolute Gasteiger partial charge is 0.137 e. The van der Waals surface area contributed by atoms with E-state index in [0.29, 0.717) is 5.92 Å². The summed E-state index contributed by atoms with van der Waals surface area (Å²) in [6, 6.07) is 4.15. The van der Waals surface area contributed by atoms with E-state index >= 15 is 0 Å². The number of aromatic nitrogens is 3. The third-order valence-electron chi connectivity index (χ3n) is 4.71. The number of hydrogen-bond donors (Lipinski definition) is 1. The van der Waals surface area contributed by atoms with E-state index < -0.39 is 6.10 Å². The highest BCUT2D eigenvalue weighted by atomic mass is 16.3. The fraction of sp³-hybridized carbons (Fsp3) is 0.529. The molecule has 0 bridgehead atoms. The Kier molecular flexibility index (Phi) is 4.55. The van der Waals surface area contributed by atoms with Crippen molar-refractivity contribution < 1.29 is 5.11 Å². The molecule has 3 rings (SSSR count). The van der Waals surface area contributed by atoms with Crippen molar-refractivity contribution in [3.63, 3.8) is 0 Å². The number of likely N-dealkylation sites (tertiary alicyclic amines) is 1. The molecule has 2 aromatic heterocycles. The van der Waals surface area contributed by atoms with Gasteiger partial charge in [-0.05, 0) is 50.4 Å². The molecule has 1 aliphatic rings. The molecule has 1 unspecified atom stereocenters. The van der Waals surface area contributed by atoms with Gasteiger partial charge in [0.15, 0.2) is 0 Å². The van der Waals surface area contributed by atoms with E-state index in [-0.39, 0.29) is 0 Å². The summed E-state index contributed by atoms with van der Waals surface area (Å²) in [6.07, 6.45) is 7.04. The van der Waals surface area contributed by atoms with Gasteiger partial charge >= 0.3 is 0 Å². The van der Waals surface area contributed by atoms with Crippen LogP contribution in [-0.4, -0.2) is 37.6 Å². The molecule has 22 heavy (non-hydrogen) atoms. The SMILES string of the molecule is Cc1ncccc1CN1CCC(C(O)c2nccn2C)CC1. The van der Waals surface area contributed by atoms with Crippen LogP contribution in [0.15, 0.2) is 30.7 Å². The Morgan fingerprint density at radius 1 is 1.27 bits per heavy atom. The van der Waals surface area contributed by atoms with Crippen molar-refractivity contribution in [1.29, 1.82) is 0 Å². The minimum absolute atomic E-state index is 0.298. The number of rotatable bonds is 4. The lowest BCUT2D eigenvalue weighted by Crippen LogP contribution is -2.35. The van der Waals surface area contributed by atoms with Crippen LogP contribution >= 0.6 is 0 Å². The van der Waals surface area contributed by atoms with Crippen molar-refractivity contribution in [2.24, 2.45) is 13.0 Å². The third kappa shape index (κ3) is 3.20. The largest absolute Gasteiger partial charge is 0.385 e. The molecule has 1 atom stereocenters. The second-order valence-electron chi connectivity index (χ2n) is 6.20. The zero-order chi connectivity index (χ0) is 15.5. The second-order valence-corrected chi connectivity index (χ2v) is 6.20. The lowest BCUT2D eigenvalue weighted by atomic mass is 9.90. The summed E-state index contributed by atoms with van der Waals surface area (Å²) in [4.78, 5) is 11.1. The maximum atomic E-state index is 10.5. The molecule has 5 nitrogen and oxygen atoms in total. The van der Waals surface area contributed by atoms with Crippen molar-refractivity contribution in [3.05, 3.63) is 47.8 Å². The number of aliphatic hydroxyl groups excluding tert-OH is 1. The molecule has 0 saturated carbocycles. The molecule has 1 N–H and O–H groups in total. The van der Waals surface area contributed by atoms with Crippen LogP contribution in [0.25, 0.3) is 0 Å². The summed E-state index contributed by atoms with van der Waals surface area (Å²) in [7, 11) is 1.94. The van der Waals surface area contributed by atoms with E-state index in [9.17, 15) is 5.11 Å². The highest BCUT2D eigenvalue weighted by molar-refractivity contribution is 5.18. The number of nitrogens with zero attached hydrogens (tertiary/aromatic N) is 4. The Labute approximate surface area is 131 Å². The molecule has 0 radical (unpaired) electrons. The van der Waals surface area contributed by atoms with Gasteiger partial charge in [0, 0.05) is 37.9 Å². The lowest BCUT2D eigenvalue weighted by molar-refractivity contribution is 0.0491. The van der Waals surface area contributed by atoms with Gasteiger partial charge in [-0.3, -0.25) is 9.88 Å². The summed E-state index contributed by atoms with van der Waals surface area (Å²) >= 11 is 0. The Morgan fingerprint density at radius 3 is 2.68 bits per heavy atom. The van der Waals surface area contributed by atoms with Crippen molar-refractivity contribution in [2.75, 3.05) is 13.1 Å². The molecule has 3 heterocycles. The van der Waals surface area contributed by atoms with Crippen LogP contribution in [0.1, 0.15) is 36.0 Å². The molecule has 0 aliphatic carbocycles. The molecule has 5 heteroatoms. The van der Waals surface area contributed by atoms with Gasteiger partial charge in [0.25, 0.3) is 0 Å². The molecule has 0 amide bonds. The third-order valence-corrected chi connectivity index (χ3v) is 4.71. The molecule has 1 fully saturated rings. The van der Waals surface area contributed by atoms with Gasteiger partial charge in [-0.25, -0.2) is 4.98 Å². The number of aryl methyl sites for hydroxylation is 2. The molecule has 1 saturated heterocycles. The van der Waals surface area contributed by atoms with Crippen LogP contribution in [0, 0.1) is 12.8 Å².